The summed E-state index contributed by atoms with van der Waals surface area (Å²) in [5.74, 6) is -0.804. The third-order valence-electron chi connectivity index (χ3n) is 2.22. The van der Waals surface area contributed by atoms with Crippen LogP contribution in [-0.2, 0) is 19.5 Å². The zero-order chi connectivity index (χ0) is 15.3. The second-order valence-electron chi connectivity index (χ2n) is 3.64. The van der Waals surface area contributed by atoms with Crippen LogP contribution in [0.3, 0.4) is 0 Å². The molecule has 0 aliphatic carbocycles. The molecular weight excluding hydrogens is 329 g/mol. The summed E-state index contributed by atoms with van der Waals surface area (Å²) in [6, 6.07) is 2.09. The lowest BCUT2D eigenvalue weighted by molar-refractivity contribution is 0.0335. The molecule has 20 heavy (non-hydrogen) atoms. The number of rotatable bonds is 6. The van der Waals surface area contributed by atoms with Crippen LogP contribution in [0.25, 0.3) is 0 Å². The summed E-state index contributed by atoms with van der Waals surface area (Å²) in [6.07, 6.45) is 0. The van der Waals surface area contributed by atoms with Gasteiger partial charge in [0.15, 0.2) is 0 Å². The molecule has 0 unspecified atom stereocenters. The minimum absolute atomic E-state index is 0.0141. The van der Waals surface area contributed by atoms with Crippen molar-refractivity contribution >= 4 is 39.2 Å². The summed E-state index contributed by atoms with van der Waals surface area (Å²) in [4.78, 5) is 11.5. The Hall–Kier alpha value is -0.860. The molecule has 0 amide bonds. The number of halogens is 2. The standard InChI is InChI=1S/C11H13Cl2NO5S/c1-2-18-3-4-19-11(15)8-5-7(20(14,16)17)6-9(12)10(8)13/h5-6H,2-4H2,1H3,(H2,14,16,17). The summed E-state index contributed by atoms with van der Waals surface area (Å²) in [6.45, 7) is 2.53. The summed E-state index contributed by atoms with van der Waals surface area (Å²) in [5.41, 5.74) is -0.167. The second kappa shape index (κ2) is 7.24. The molecule has 0 saturated carbocycles. The Labute approximate surface area is 126 Å². The van der Waals surface area contributed by atoms with Gasteiger partial charge in [0, 0.05) is 6.61 Å². The summed E-state index contributed by atoms with van der Waals surface area (Å²) in [7, 11) is -4.00. The molecule has 0 aromatic heterocycles. The predicted octanol–water partition coefficient (Wildman–Crippen LogP) is 1.83. The summed E-state index contributed by atoms with van der Waals surface area (Å²) >= 11 is 11.6. The third-order valence-corrected chi connectivity index (χ3v) is 3.91. The smallest absolute Gasteiger partial charge is 0.339 e. The van der Waals surface area contributed by atoms with Crippen LogP contribution in [0.1, 0.15) is 17.3 Å². The van der Waals surface area contributed by atoms with Gasteiger partial charge in [-0.2, -0.15) is 0 Å². The average molecular weight is 342 g/mol. The molecule has 0 bridgehead atoms. The van der Waals surface area contributed by atoms with Crippen LogP contribution in [0.15, 0.2) is 17.0 Å². The summed E-state index contributed by atoms with van der Waals surface area (Å²) < 4.78 is 32.4. The van der Waals surface area contributed by atoms with Gasteiger partial charge in [0.1, 0.15) is 6.61 Å². The summed E-state index contributed by atoms with van der Waals surface area (Å²) in [5, 5.41) is 4.78. The van der Waals surface area contributed by atoms with Gasteiger partial charge in [-0.05, 0) is 19.1 Å². The molecule has 0 saturated heterocycles. The quantitative estimate of drug-likeness (QED) is 0.629. The fourth-order valence-electron chi connectivity index (χ4n) is 1.29. The first kappa shape index (κ1) is 17.2. The van der Waals surface area contributed by atoms with Crippen molar-refractivity contribution in [1.29, 1.82) is 0 Å². The Morgan fingerprint density at radius 3 is 2.50 bits per heavy atom. The molecule has 0 aliphatic heterocycles. The van der Waals surface area contributed by atoms with Crippen LogP contribution < -0.4 is 5.14 Å². The highest BCUT2D eigenvalue weighted by Gasteiger charge is 2.20. The van der Waals surface area contributed by atoms with Crippen molar-refractivity contribution in [2.75, 3.05) is 19.8 Å². The van der Waals surface area contributed by atoms with E-state index >= 15 is 0 Å². The second-order valence-corrected chi connectivity index (χ2v) is 5.99. The van der Waals surface area contributed by atoms with Crippen molar-refractivity contribution in [2.24, 2.45) is 5.14 Å². The van der Waals surface area contributed by atoms with E-state index in [1.165, 1.54) is 0 Å². The first-order valence-electron chi connectivity index (χ1n) is 5.54. The number of hydrogen-bond donors (Lipinski definition) is 1. The SMILES string of the molecule is CCOCCOC(=O)c1cc(S(N)(=O)=O)cc(Cl)c1Cl. The van der Waals surface area contributed by atoms with Crippen molar-refractivity contribution in [2.45, 2.75) is 11.8 Å². The van der Waals surface area contributed by atoms with E-state index in [2.05, 4.69) is 0 Å². The molecule has 2 N–H and O–H groups in total. The molecule has 0 radical (unpaired) electrons. The Balaban J connectivity index is 2.99. The molecule has 1 rings (SSSR count). The third kappa shape index (κ3) is 4.60. The van der Waals surface area contributed by atoms with Gasteiger partial charge in [-0.15, -0.1) is 0 Å². The van der Waals surface area contributed by atoms with Gasteiger partial charge in [0.2, 0.25) is 10.0 Å². The van der Waals surface area contributed by atoms with Gasteiger partial charge in [-0.3, -0.25) is 0 Å². The number of esters is 1. The van der Waals surface area contributed by atoms with E-state index in [0.29, 0.717) is 6.61 Å². The minimum atomic E-state index is -4.00. The number of carbonyl (C=O) groups is 1. The number of benzene rings is 1. The molecule has 1 aromatic carbocycles. The zero-order valence-electron chi connectivity index (χ0n) is 10.6. The van der Waals surface area contributed by atoms with E-state index in [0.717, 1.165) is 12.1 Å². The van der Waals surface area contributed by atoms with Crippen LogP contribution in [-0.4, -0.2) is 34.2 Å². The van der Waals surface area contributed by atoms with E-state index < -0.39 is 16.0 Å². The fraction of sp³-hybridized carbons (Fsp3) is 0.364. The lowest BCUT2D eigenvalue weighted by Crippen LogP contribution is -2.15. The largest absolute Gasteiger partial charge is 0.460 e. The molecule has 0 heterocycles. The van der Waals surface area contributed by atoms with Crippen LogP contribution in [0.2, 0.25) is 10.0 Å². The highest BCUT2D eigenvalue weighted by Crippen LogP contribution is 2.29. The Morgan fingerprint density at radius 2 is 1.95 bits per heavy atom. The van der Waals surface area contributed by atoms with Gasteiger partial charge in [-0.1, -0.05) is 23.2 Å². The van der Waals surface area contributed by atoms with E-state index in [9.17, 15) is 13.2 Å². The van der Waals surface area contributed by atoms with E-state index in [4.69, 9.17) is 37.8 Å². The van der Waals surface area contributed by atoms with Gasteiger partial charge < -0.3 is 9.47 Å². The maximum atomic E-state index is 11.8. The Bertz CT molecular complexity index is 603. The minimum Gasteiger partial charge on any atom is -0.460 e. The topological polar surface area (TPSA) is 95.7 Å². The van der Waals surface area contributed by atoms with Gasteiger partial charge >= 0.3 is 5.97 Å². The molecule has 112 valence electrons. The fourth-order valence-corrected chi connectivity index (χ4v) is 2.33. The number of sulfonamides is 1. The van der Waals surface area contributed by atoms with Gasteiger partial charge in [0.05, 0.1) is 27.1 Å². The first-order valence-corrected chi connectivity index (χ1v) is 7.84. The van der Waals surface area contributed by atoms with Crippen molar-refractivity contribution in [1.82, 2.24) is 0 Å². The molecule has 0 aliphatic rings. The number of hydrogen-bond acceptors (Lipinski definition) is 5. The maximum absolute atomic E-state index is 11.8. The molecule has 0 fully saturated rings. The van der Waals surface area contributed by atoms with Crippen molar-refractivity contribution in [3.8, 4) is 0 Å². The number of carbonyl (C=O) groups excluding carboxylic acids is 1. The normalized spacial score (nSPS) is 11.4. The van der Waals surface area contributed by atoms with E-state index in [-0.39, 0.29) is 33.7 Å². The number of nitrogens with two attached hydrogens (primary N) is 1. The zero-order valence-corrected chi connectivity index (χ0v) is 12.9. The van der Waals surface area contributed by atoms with Crippen molar-refractivity contribution in [3.05, 3.63) is 27.7 Å². The Kier molecular flexibility index (Phi) is 6.22. The molecule has 9 heteroatoms. The number of ether oxygens (including phenoxy) is 2. The lowest BCUT2D eigenvalue weighted by atomic mass is 10.2. The highest BCUT2D eigenvalue weighted by atomic mass is 35.5. The molecule has 6 nitrogen and oxygen atoms in total. The van der Waals surface area contributed by atoms with Gasteiger partial charge in [0.25, 0.3) is 0 Å². The lowest BCUT2D eigenvalue weighted by Gasteiger charge is -2.09. The van der Waals surface area contributed by atoms with Crippen LogP contribution in [0.4, 0.5) is 0 Å². The van der Waals surface area contributed by atoms with Crippen molar-refractivity contribution in [3.63, 3.8) is 0 Å². The van der Waals surface area contributed by atoms with Crippen LogP contribution in [0, 0.1) is 0 Å². The highest BCUT2D eigenvalue weighted by molar-refractivity contribution is 7.89. The Morgan fingerprint density at radius 1 is 1.30 bits per heavy atom. The predicted molar refractivity (Wildman–Crippen MR) is 74.6 cm³/mol. The first-order chi connectivity index (χ1) is 9.27. The van der Waals surface area contributed by atoms with Crippen LogP contribution >= 0.6 is 23.2 Å². The molecule has 0 spiro atoms. The molecule has 1 aromatic rings. The monoisotopic (exact) mass is 341 g/mol. The maximum Gasteiger partial charge on any atom is 0.339 e. The molecular formula is C11H13Cl2NO5S. The van der Waals surface area contributed by atoms with E-state index in [1.807, 2.05) is 0 Å². The van der Waals surface area contributed by atoms with E-state index in [1.54, 1.807) is 6.92 Å². The molecule has 0 atom stereocenters. The van der Waals surface area contributed by atoms with Gasteiger partial charge in [-0.25, -0.2) is 18.4 Å². The average Bonchev–Trinajstić information content (AvgIpc) is 2.36. The number of primary sulfonamides is 1. The van der Waals surface area contributed by atoms with Crippen LogP contribution in [0.5, 0.6) is 0 Å². The van der Waals surface area contributed by atoms with Crippen molar-refractivity contribution < 1.29 is 22.7 Å².